The Hall–Kier alpha value is -3.69. The Morgan fingerprint density at radius 1 is 0.964 bits per heavy atom. The van der Waals surface area contributed by atoms with Gasteiger partial charge in [0.1, 0.15) is 5.75 Å². The maximum Gasteiger partial charge on any atom is 0.573 e. The van der Waals surface area contributed by atoms with Crippen LogP contribution in [-0.4, -0.2) is 22.2 Å². The molecule has 0 aliphatic rings. The van der Waals surface area contributed by atoms with Gasteiger partial charge in [0, 0.05) is 5.56 Å². The summed E-state index contributed by atoms with van der Waals surface area (Å²) in [5, 5.41) is 2.47. The van der Waals surface area contributed by atoms with Crippen LogP contribution in [-0.2, 0) is 0 Å². The summed E-state index contributed by atoms with van der Waals surface area (Å²) in [6.45, 7) is 0. The third-order valence-electron chi connectivity index (χ3n) is 3.27. The first-order valence-electron chi connectivity index (χ1n) is 7.72. The van der Waals surface area contributed by atoms with E-state index in [1.54, 1.807) is 6.07 Å². The Kier molecular flexibility index (Phi) is 5.39. The average Bonchev–Trinajstić information content (AvgIpc) is 2.64. The highest BCUT2D eigenvalue weighted by molar-refractivity contribution is 6.04. The van der Waals surface area contributed by atoms with E-state index in [1.807, 2.05) is 0 Å². The van der Waals surface area contributed by atoms with Gasteiger partial charge < -0.3 is 14.8 Å². The molecule has 1 amide bonds. The zero-order valence-corrected chi connectivity index (χ0v) is 13.9. The number of nitrogens with zero attached hydrogens (tertiary/aromatic N) is 2. The second-order valence-electron chi connectivity index (χ2n) is 5.31. The van der Waals surface area contributed by atoms with Gasteiger partial charge in [0.2, 0.25) is 0 Å². The fraction of sp³-hybridized carbons (Fsp3) is 0.0556. The number of rotatable bonds is 5. The molecule has 0 radical (unpaired) electrons. The van der Waals surface area contributed by atoms with Crippen molar-refractivity contribution >= 4 is 11.6 Å². The maximum absolute atomic E-state index is 13.5. The summed E-state index contributed by atoms with van der Waals surface area (Å²) in [6.07, 6.45) is -2.34. The van der Waals surface area contributed by atoms with Crippen LogP contribution in [0.25, 0.3) is 0 Å². The minimum atomic E-state index is -4.81. The van der Waals surface area contributed by atoms with Crippen LogP contribution in [0.4, 0.5) is 23.2 Å². The van der Waals surface area contributed by atoms with Gasteiger partial charge in [-0.05, 0) is 36.4 Å². The van der Waals surface area contributed by atoms with Crippen molar-refractivity contribution in [3.05, 3.63) is 72.3 Å². The number of anilines is 1. The highest BCUT2D eigenvalue weighted by Gasteiger charge is 2.31. The first-order chi connectivity index (χ1) is 13.3. The number of carbonyl (C=O) groups is 1. The minimum absolute atomic E-state index is 0.0551. The second kappa shape index (κ2) is 7.91. The molecule has 0 saturated heterocycles. The predicted octanol–water partition coefficient (Wildman–Crippen LogP) is 4.56. The summed E-state index contributed by atoms with van der Waals surface area (Å²) in [5.41, 5.74) is 0.308. The molecule has 1 heterocycles. The Bertz CT molecular complexity index is 961. The highest BCUT2D eigenvalue weighted by atomic mass is 19.4. The van der Waals surface area contributed by atoms with Crippen molar-refractivity contribution in [1.82, 2.24) is 9.97 Å². The number of benzene rings is 2. The van der Waals surface area contributed by atoms with E-state index in [-0.39, 0.29) is 23.0 Å². The standard InChI is InChI=1S/C18H11F4N3O3/c19-14-3-1-2-4-15(14)27-17-23-9-12(10-24-17)25-16(26)11-5-7-13(8-6-11)28-18(20,21)22/h1-10H,(H,25,26). The lowest BCUT2D eigenvalue weighted by Gasteiger charge is -2.09. The summed E-state index contributed by atoms with van der Waals surface area (Å²) in [7, 11) is 0. The van der Waals surface area contributed by atoms with Crippen molar-refractivity contribution in [3.8, 4) is 17.5 Å². The molecule has 6 nitrogen and oxygen atoms in total. The average molecular weight is 393 g/mol. The molecule has 10 heteroatoms. The molecule has 0 spiro atoms. The largest absolute Gasteiger partial charge is 0.573 e. The van der Waals surface area contributed by atoms with E-state index >= 15 is 0 Å². The smallest absolute Gasteiger partial charge is 0.421 e. The van der Waals surface area contributed by atoms with E-state index in [1.165, 1.54) is 42.7 Å². The van der Waals surface area contributed by atoms with Gasteiger partial charge in [0.15, 0.2) is 11.6 Å². The lowest BCUT2D eigenvalue weighted by molar-refractivity contribution is -0.274. The molecule has 1 aromatic heterocycles. The number of amides is 1. The van der Waals surface area contributed by atoms with E-state index in [0.29, 0.717) is 0 Å². The Balaban J connectivity index is 1.62. The number of hydrogen-bond acceptors (Lipinski definition) is 5. The molecule has 0 bridgehead atoms. The SMILES string of the molecule is O=C(Nc1cnc(Oc2ccccc2F)nc1)c1ccc(OC(F)(F)F)cc1. The molecule has 0 aliphatic carbocycles. The molecule has 0 atom stereocenters. The van der Waals surface area contributed by atoms with Gasteiger partial charge in [-0.3, -0.25) is 4.79 Å². The quantitative estimate of drug-likeness (QED) is 0.644. The molecule has 0 unspecified atom stereocenters. The zero-order valence-electron chi connectivity index (χ0n) is 13.9. The van der Waals surface area contributed by atoms with Crippen molar-refractivity contribution in [2.45, 2.75) is 6.36 Å². The molecule has 2 aromatic carbocycles. The fourth-order valence-corrected chi connectivity index (χ4v) is 2.07. The van der Waals surface area contributed by atoms with Crippen LogP contribution in [0.1, 0.15) is 10.4 Å². The van der Waals surface area contributed by atoms with E-state index in [0.717, 1.165) is 12.1 Å². The van der Waals surface area contributed by atoms with Gasteiger partial charge in [-0.2, -0.15) is 0 Å². The van der Waals surface area contributed by atoms with Gasteiger partial charge in [-0.15, -0.1) is 13.2 Å². The molecule has 0 fully saturated rings. The normalized spacial score (nSPS) is 11.0. The third kappa shape index (κ3) is 5.16. The van der Waals surface area contributed by atoms with E-state index < -0.39 is 23.8 Å². The number of carbonyl (C=O) groups excluding carboxylic acids is 1. The summed E-state index contributed by atoms with van der Waals surface area (Å²) < 4.78 is 58.9. The number of hydrogen-bond donors (Lipinski definition) is 1. The molecule has 28 heavy (non-hydrogen) atoms. The van der Waals surface area contributed by atoms with Gasteiger partial charge in [0.25, 0.3) is 5.91 Å². The van der Waals surface area contributed by atoms with Crippen LogP contribution in [0.2, 0.25) is 0 Å². The van der Waals surface area contributed by atoms with Gasteiger partial charge in [-0.1, -0.05) is 12.1 Å². The lowest BCUT2D eigenvalue weighted by Crippen LogP contribution is -2.17. The van der Waals surface area contributed by atoms with E-state index in [2.05, 4.69) is 20.0 Å². The molecule has 3 aromatic rings. The Morgan fingerprint density at radius 3 is 2.21 bits per heavy atom. The van der Waals surface area contributed by atoms with Gasteiger partial charge >= 0.3 is 12.4 Å². The topological polar surface area (TPSA) is 73.3 Å². The molecule has 1 N–H and O–H groups in total. The first kappa shape index (κ1) is 19.1. The predicted molar refractivity (Wildman–Crippen MR) is 89.6 cm³/mol. The van der Waals surface area contributed by atoms with Crippen molar-refractivity contribution in [2.75, 3.05) is 5.32 Å². The van der Waals surface area contributed by atoms with Crippen LogP contribution in [0.5, 0.6) is 17.5 Å². The Morgan fingerprint density at radius 2 is 1.61 bits per heavy atom. The summed E-state index contributed by atoms with van der Waals surface area (Å²) in [6, 6.07) is 9.96. The van der Waals surface area contributed by atoms with Crippen molar-refractivity contribution in [3.63, 3.8) is 0 Å². The number of para-hydroxylation sites is 1. The number of alkyl halides is 3. The number of ether oxygens (including phenoxy) is 2. The van der Waals surface area contributed by atoms with Crippen LogP contribution in [0.3, 0.4) is 0 Å². The number of halogens is 4. The van der Waals surface area contributed by atoms with Crippen molar-refractivity contribution < 1.29 is 31.8 Å². The first-order valence-corrected chi connectivity index (χ1v) is 7.72. The monoisotopic (exact) mass is 393 g/mol. The minimum Gasteiger partial charge on any atom is -0.421 e. The van der Waals surface area contributed by atoms with Crippen LogP contribution in [0.15, 0.2) is 60.9 Å². The molecule has 0 aliphatic heterocycles. The van der Waals surface area contributed by atoms with Crippen LogP contribution >= 0.6 is 0 Å². The molecule has 144 valence electrons. The number of aromatic nitrogens is 2. The van der Waals surface area contributed by atoms with Crippen LogP contribution in [0, 0.1) is 5.82 Å². The molecular formula is C18H11F4N3O3. The number of nitrogens with one attached hydrogen (secondary N) is 1. The second-order valence-corrected chi connectivity index (χ2v) is 5.31. The van der Waals surface area contributed by atoms with Gasteiger partial charge in [-0.25, -0.2) is 14.4 Å². The zero-order chi connectivity index (χ0) is 20.1. The molecule has 0 saturated carbocycles. The summed E-state index contributed by atoms with van der Waals surface area (Å²) in [5.74, 6) is -1.67. The molecular weight excluding hydrogens is 382 g/mol. The fourth-order valence-electron chi connectivity index (χ4n) is 2.07. The highest BCUT2D eigenvalue weighted by Crippen LogP contribution is 2.23. The lowest BCUT2D eigenvalue weighted by atomic mass is 10.2. The molecule has 3 rings (SSSR count). The van der Waals surface area contributed by atoms with Crippen molar-refractivity contribution in [1.29, 1.82) is 0 Å². The van der Waals surface area contributed by atoms with E-state index in [4.69, 9.17) is 4.74 Å². The summed E-state index contributed by atoms with van der Waals surface area (Å²) in [4.78, 5) is 19.8. The maximum atomic E-state index is 13.5. The Labute approximate surface area is 155 Å². The van der Waals surface area contributed by atoms with Crippen LogP contribution < -0.4 is 14.8 Å². The summed E-state index contributed by atoms with van der Waals surface area (Å²) >= 11 is 0. The third-order valence-corrected chi connectivity index (χ3v) is 3.27. The van der Waals surface area contributed by atoms with E-state index in [9.17, 15) is 22.4 Å². The van der Waals surface area contributed by atoms with Gasteiger partial charge in [0.05, 0.1) is 18.1 Å². The van der Waals surface area contributed by atoms with Crippen molar-refractivity contribution in [2.24, 2.45) is 0 Å².